The third kappa shape index (κ3) is 1.54. The van der Waals surface area contributed by atoms with Crippen molar-refractivity contribution in [2.45, 2.75) is 0 Å². The maximum Gasteiger partial charge on any atom is 0.284 e. The van der Waals surface area contributed by atoms with E-state index in [9.17, 15) is 5.21 Å². The van der Waals surface area contributed by atoms with E-state index in [-0.39, 0.29) is 10.7 Å². The molecule has 0 atom stereocenters. The lowest BCUT2D eigenvalue weighted by atomic mass is 10.4. The van der Waals surface area contributed by atoms with Crippen molar-refractivity contribution in [1.29, 1.82) is 0 Å². The molecule has 0 aliphatic carbocycles. The zero-order valence-electron chi connectivity index (χ0n) is 6.30. The summed E-state index contributed by atoms with van der Waals surface area (Å²) in [6.45, 7) is 0. The van der Waals surface area contributed by atoms with Crippen molar-refractivity contribution < 1.29 is 9.15 Å². The van der Waals surface area contributed by atoms with Crippen molar-refractivity contribution in [2.24, 2.45) is 0 Å². The molecule has 13 heavy (non-hydrogen) atoms. The van der Waals surface area contributed by atoms with Crippen LogP contribution in [0.3, 0.4) is 0 Å². The minimum absolute atomic E-state index is 0.151. The van der Waals surface area contributed by atoms with Crippen molar-refractivity contribution in [3.63, 3.8) is 0 Å². The predicted molar refractivity (Wildman–Crippen MR) is 43.9 cm³/mol. The molecule has 0 spiro atoms. The first kappa shape index (κ1) is 7.87. The average molecular weight is 196 g/mol. The summed E-state index contributed by atoms with van der Waals surface area (Å²) in [5.41, 5.74) is 0.338. The van der Waals surface area contributed by atoms with E-state index in [0.717, 1.165) is 0 Å². The summed E-state index contributed by atoms with van der Waals surface area (Å²) in [4.78, 5) is 4.03. The number of H-pyrrole nitrogens is 1. The highest BCUT2D eigenvalue weighted by Gasteiger charge is 2.08. The van der Waals surface area contributed by atoms with Gasteiger partial charge in [0.1, 0.15) is 0 Å². The number of aromatic amines is 1. The number of hydrogen-bond acceptors (Lipinski definition) is 5. The van der Waals surface area contributed by atoms with Crippen molar-refractivity contribution in [2.75, 3.05) is 0 Å². The Morgan fingerprint density at radius 1 is 1.62 bits per heavy atom. The Kier molecular flexibility index (Phi) is 1.78. The van der Waals surface area contributed by atoms with Crippen LogP contribution in [0.15, 0.2) is 23.0 Å². The molecule has 1 N–H and O–H groups in total. The predicted octanol–water partition coefficient (Wildman–Crippen LogP) is 0.428. The summed E-state index contributed by atoms with van der Waals surface area (Å²) in [6, 6.07) is 0. The zero-order chi connectivity index (χ0) is 9.26. The van der Waals surface area contributed by atoms with Crippen LogP contribution in [-0.4, -0.2) is 15.2 Å². The standard InChI is InChI=1S/C6H4N4O2S/c11-10-2-1-7-4(3-10)5-8-9-6(13)12-5/h1-3H,(H,9,13). The van der Waals surface area contributed by atoms with Gasteiger partial charge >= 0.3 is 0 Å². The maximum atomic E-state index is 10.8. The van der Waals surface area contributed by atoms with Gasteiger partial charge in [-0.3, -0.25) is 0 Å². The largest absolute Gasteiger partial charge is 0.619 e. The fraction of sp³-hybridized carbons (Fsp3) is 0. The molecule has 0 unspecified atom stereocenters. The molecule has 0 radical (unpaired) electrons. The summed E-state index contributed by atoms with van der Waals surface area (Å²) in [5, 5.41) is 17.0. The Labute approximate surface area is 77.4 Å². The third-order valence-corrected chi connectivity index (χ3v) is 1.51. The van der Waals surface area contributed by atoms with Gasteiger partial charge in [0.2, 0.25) is 6.20 Å². The number of nitrogens with one attached hydrogen (secondary N) is 1. The lowest BCUT2D eigenvalue weighted by molar-refractivity contribution is -0.605. The van der Waals surface area contributed by atoms with Crippen LogP contribution in [0.5, 0.6) is 0 Å². The van der Waals surface area contributed by atoms with Gasteiger partial charge in [-0.15, -0.1) is 5.10 Å². The van der Waals surface area contributed by atoms with Gasteiger partial charge < -0.3 is 9.62 Å². The van der Waals surface area contributed by atoms with E-state index in [1.54, 1.807) is 0 Å². The molecule has 7 heteroatoms. The van der Waals surface area contributed by atoms with Crippen LogP contribution in [0.1, 0.15) is 0 Å². The Balaban J connectivity index is 2.52. The minimum atomic E-state index is 0.151. The van der Waals surface area contributed by atoms with E-state index in [1.165, 1.54) is 18.6 Å². The topological polar surface area (TPSA) is 81.6 Å². The van der Waals surface area contributed by atoms with Crippen LogP contribution in [0.4, 0.5) is 0 Å². The first-order valence-electron chi connectivity index (χ1n) is 3.36. The van der Waals surface area contributed by atoms with Crippen LogP contribution in [0.25, 0.3) is 11.6 Å². The van der Waals surface area contributed by atoms with Crippen LogP contribution in [0.2, 0.25) is 0 Å². The SMILES string of the molecule is [O-][n+]1ccnc(-c2n[nH]c(=S)o2)c1. The molecule has 0 aromatic carbocycles. The van der Waals surface area contributed by atoms with Gasteiger partial charge in [-0.2, -0.15) is 4.73 Å². The Morgan fingerprint density at radius 2 is 2.46 bits per heavy atom. The molecular weight excluding hydrogens is 192 g/mol. The molecule has 2 aromatic heterocycles. The van der Waals surface area contributed by atoms with Crippen molar-refractivity contribution in [3.05, 3.63) is 28.6 Å². The number of hydrogen-bond donors (Lipinski definition) is 1. The van der Waals surface area contributed by atoms with Gasteiger partial charge in [0.25, 0.3) is 10.7 Å². The number of aromatic nitrogens is 4. The second-order valence-corrected chi connectivity index (χ2v) is 2.59. The Hall–Kier alpha value is -1.76. The lowest BCUT2D eigenvalue weighted by Crippen LogP contribution is -2.24. The molecule has 66 valence electrons. The molecule has 0 amide bonds. The highest BCUT2D eigenvalue weighted by molar-refractivity contribution is 7.71. The van der Waals surface area contributed by atoms with Crippen LogP contribution in [-0.2, 0) is 0 Å². The highest BCUT2D eigenvalue weighted by Crippen LogP contribution is 2.09. The summed E-state index contributed by atoms with van der Waals surface area (Å²) in [5.74, 6) is 0.204. The molecule has 0 bridgehead atoms. The summed E-state index contributed by atoms with van der Waals surface area (Å²) >= 11 is 4.67. The molecule has 2 rings (SSSR count). The third-order valence-electron chi connectivity index (χ3n) is 1.33. The Bertz CT molecular complexity index is 477. The molecule has 6 nitrogen and oxygen atoms in total. The van der Waals surface area contributed by atoms with E-state index in [4.69, 9.17) is 4.42 Å². The fourth-order valence-corrected chi connectivity index (χ4v) is 0.951. The van der Waals surface area contributed by atoms with Gasteiger partial charge in [-0.1, -0.05) is 0 Å². The van der Waals surface area contributed by atoms with E-state index >= 15 is 0 Å². The second kappa shape index (κ2) is 2.94. The van der Waals surface area contributed by atoms with E-state index in [0.29, 0.717) is 10.4 Å². The molecule has 0 fully saturated rings. The van der Waals surface area contributed by atoms with E-state index in [1.807, 2.05) is 0 Å². The fourth-order valence-electron chi connectivity index (χ4n) is 0.826. The summed E-state index contributed by atoms with van der Waals surface area (Å²) in [7, 11) is 0. The van der Waals surface area contributed by atoms with Gasteiger partial charge in [0.05, 0.1) is 6.20 Å². The first-order valence-corrected chi connectivity index (χ1v) is 3.77. The van der Waals surface area contributed by atoms with Gasteiger partial charge in [-0.25, -0.2) is 10.1 Å². The summed E-state index contributed by atoms with van der Waals surface area (Å²) in [6.07, 6.45) is 3.87. The molecule has 0 aliphatic rings. The molecule has 0 aliphatic heterocycles. The quantitative estimate of drug-likeness (QED) is 0.406. The highest BCUT2D eigenvalue weighted by atomic mass is 32.1. The zero-order valence-corrected chi connectivity index (χ0v) is 7.11. The van der Waals surface area contributed by atoms with E-state index in [2.05, 4.69) is 27.4 Å². The van der Waals surface area contributed by atoms with Gasteiger partial charge in [0.15, 0.2) is 11.9 Å². The van der Waals surface area contributed by atoms with Gasteiger partial charge in [-0.05, 0) is 12.2 Å². The maximum absolute atomic E-state index is 10.8. The number of rotatable bonds is 1. The van der Waals surface area contributed by atoms with Crippen LogP contribution >= 0.6 is 12.2 Å². The number of nitrogens with zero attached hydrogens (tertiary/aromatic N) is 3. The van der Waals surface area contributed by atoms with Crippen molar-refractivity contribution in [1.82, 2.24) is 15.2 Å². The molecule has 2 heterocycles. The molecular formula is C6H4N4O2S. The van der Waals surface area contributed by atoms with Crippen molar-refractivity contribution in [3.8, 4) is 11.6 Å². The molecule has 0 saturated heterocycles. The molecule has 0 saturated carbocycles. The lowest BCUT2D eigenvalue weighted by Gasteiger charge is -1.94. The first-order chi connectivity index (χ1) is 6.25. The molecule has 2 aromatic rings. The Morgan fingerprint density at radius 3 is 3.08 bits per heavy atom. The van der Waals surface area contributed by atoms with Gasteiger partial charge in [0, 0.05) is 0 Å². The van der Waals surface area contributed by atoms with Crippen LogP contribution < -0.4 is 4.73 Å². The van der Waals surface area contributed by atoms with E-state index < -0.39 is 0 Å². The van der Waals surface area contributed by atoms with Crippen LogP contribution in [0, 0.1) is 10.0 Å². The normalized spacial score (nSPS) is 10.2. The summed E-state index contributed by atoms with van der Waals surface area (Å²) < 4.78 is 5.56. The monoisotopic (exact) mass is 196 g/mol. The smallest absolute Gasteiger partial charge is 0.284 e. The second-order valence-electron chi connectivity index (χ2n) is 2.22. The van der Waals surface area contributed by atoms with Crippen molar-refractivity contribution >= 4 is 12.2 Å². The minimum Gasteiger partial charge on any atom is -0.619 e. The average Bonchev–Trinajstić information content (AvgIpc) is 2.52.